The summed E-state index contributed by atoms with van der Waals surface area (Å²) in [5.41, 5.74) is 5.88. The van der Waals surface area contributed by atoms with Gasteiger partial charge in [-0.3, -0.25) is 9.59 Å². The zero-order valence-corrected chi connectivity index (χ0v) is 16.2. The largest absolute Gasteiger partial charge is 0.492 e. The molecule has 4 atom stereocenters. The highest BCUT2D eigenvalue weighted by atomic mass is 19.1. The highest BCUT2D eigenvalue weighted by molar-refractivity contribution is 6.51. The molecule has 1 saturated heterocycles. The van der Waals surface area contributed by atoms with Gasteiger partial charge in [0.1, 0.15) is 11.9 Å². The van der Waals surface area contributed by atoms with Gasteiger partial charge in [0.25, 0.3) is 0 Å². The fourth-order valence-electron chi connectivity index (χ4n) is 4.92. The van der Waals surface area contributed by atoms with Gasteiger partial charge in [-0.25, -0.2) is 13.6 Å². The maximum atomic E-state index is 15.2. The number of rotatable bonds is 4. The molecular weight excluding hydrogens is 400 g/mol. The summed E-state index contributed by atoms with van der Waals surface area (Å²) < 4.78 is 34.7. The Labute approximate surface area is 170 Å². The first-order valence-corrected chi connectivity index (χ1v) is 9.85. The molecule has 2 aliphatic carbocycles. The smallest absolute Gasteiger partial charge is 0.334 e. The first-order valence-electron chi connectivity index (χ1n) is 9.85. The van der Waals surface area contributed by atoms with Gasteiger partial charge in [-0.2, -0.15) is 0 Å². The molecule has 2 aliphatic heterocycles. The summed E-state index contributed by atoms with van der Waals surface area (Å²) in [5.74, 6) is -4.74. The number of carboxylic acid groups (broad SMARTS) is 1. The molecule has 3 N–H and O–H groups in total. The van der Waals surface area contributed by atoms with E-state index < -0.39 is 41.6 Å². The molecule has 1 spiro atoms. The third-order valence-electron chi connectivity index (χ3n) is 6.83. The number of Topliss-reactive ketones (excluding diaryl/α,β-unsaturated/α-hetero) is 2. The van der Waals surface area contributed by atoms with Crippen LogP contribution in [0.25, 0.3) is 0 Å². The fourth-order valence-corrected chi connectivity index (χ4v) is 4.92. The monoisotopic (exact) mass is 421 g/mol. The minimum atomic E-state index is -1.88. The molecule has 2 saturated carbocycles. The number of hydrogen-bond donors (Lipinski definition) is 2. The lowest BCUT2D eigenvalue weighted by atomic mass is 9.91. The van der Waals surface area contributed by atoms with E-state index in [-0.39, 0.29) is 40.6 Å². The first-order chi connectivity index (χ1) is 14.2. The zero-order chi connectivity index (χ0) is 21.5. The number of nitrogens with zero attached hydrogens (tertiary/aromatic N) is 2. The standard InChI is InChI=1S/C20H21F2N3O5/c1-30-18-13-8(4-10(22)14(18)24-6-12(23)20(7-24)2-3-20)16(26)17(27)15(19(28)29)25(13)11-5-9(11)21/h4,9,11-12,15H,2-3,5-7,23H2,1H3,(H,28,29)/t9-,11+,12+,15?/m0/s1. The molecule has 4 aliphatic rings. The summed E-state index contributed by atoms with van der Waals surface area (Å²) in [6.07, 6.45) is 0.531. The molecule has 10 heteroatoms. The molecule has 0 aromatic heterocycles. The number of ketones is 2. The number of nitrogens with two attached hydrogens (primary N) is 1. The SMILES string of the molecule is COc1c(N2C[C@@H](N)C3(CC3)C2)c(F)cc2c1N([C@@H]1C[C@@H]1F)C(C(=O)O)C(=O)C2=O. The van der Waals surface area contributed by atoms with Gasteiger partial charge in [0, 0.05) is 31.0 Å². The Balaban J connectivity index is 1.70. The molecule has 2 heterocycles. The lowest BCUT2D eigenvalue weighted by molar-refractivity contribution is -0.141. The number of hydrogen-bond acceptors (Lipinski definition) is 7. The van der Waals surface area contributed by atoms with Crippen LogP contribution in [0.5, 0.6) is 5.75 Å². The predicted octanol–water partition coefficient (Wildman–Crippen LogP) is 0.897. The van der Waals surface area contributed by atoms with E-state index in [1.54, 1.807) is 4.90 Å². The van der Waals surface area contributed by atoms with E-state index in [1.165, 1.54) is 7.11 Å². The molecule has 160 valence electrons. The van der Waals surface area contributed by atoms with E-state index in [1.807, 2.05) is 0 Å². The fraction of sp³-hybridized carbons (Fsp3) is 0.550. The second-order valence-corrected chi connectivity index (χ2v) is 8.65. The number of carboxylic acids is 1. The Morgan fingerprint density at radius 2 is 2.00 bits per heavy atom. The van der Waals surface area contributed by atoms with Crippen molar-refractivity contribution in [3.05, 3.63) is 17.4 Å². The minimum absolute atomic E-state index is 0.0122. The molecule has 30 heavy (non-hydrogen) atoms. The summed E-state index contributed by atoms with van der Waals surface area (Å²) in [6, 6.07) is -2.00. The molecule has 5 rings (SSSR count). The van der Waals surface area contributed by atoms with Crippen LogP contribution < -0.4 is 20.3 Å². The van der Waals surface area contributed by atoms with Crippen LogP contribution in [0.4, 0.5) is 20.2 Å². The van der Waals surface area contributed by atoms with Gasteiger partial charge >= 0.3 is 5.97 Å². The summed E-state index contributed by atoms with van der Waals surface area (Å²) in [5, 5.41) is 9.62. The second kappa shape index (κ2) is 6.13. The van der Waals surface area contributed by atoms with Crippen molar-refractivity contribution < 1.29 is 33.0 Å². The van der Waals surface area contributed by atoms with Crippen LogP contribution in [0.3, 0.4) is 0 Å². The third-order valence-corrected chi connectivity index (χ3v) is 6.83. The summed E-state index contributed by atoms with van der Waals surface area (Å²) in [7, 11) is 1.27. The van der Waals surface area contributed by atoms with Gasteiger partial charge in [-0.15, -0.1) is 0 Å². The molecule has 1 aromatic carbocycles. The zero-order valence-electron chi connectivity index (χ0n) is 16.2. The van der Waals surface area contributed by atoms with Gasteiger partial charge < -0.3 is 25.4 Å². The van der Waals surface area contributed by atoms with Gasteiger partial charge in [-0.05, 0) is 18.9 Å². The van der Waals surface area contributed by atoms with Crippen molar-refractivity contribution in [1.82, 2.24) is 0 Å². The lowest BCUT2D eigenvalue weighted by Gasteiger charge is -2.37. The van der Waals surface area contributed by atoms with Crippen LogP contribution in [-0.2, 0) is 9.59 Å². The van der Waals surface area contributed by atoms with Gasteiger partial charge in [0.05, 0.1) is 24.4 Å². The first kappa shape index (κ1) is 19.2. The van der Waals surface area contributed by atoms with E-state index in [9.17, 15) is 23.9 Å². The van der Waals surface area contributed by atoms with Crippen molar-refractivity contribution in [3.63, 3.8) is 0 Å². The Morgan fingerprint density at radius 3 is 2.50 bits per heavy atom. The Kier molecular flexibility index (Phi) is 3.93. The van der Waals surface area contributed by atoms with Gasteiger partial charge in [0.2, 0.25) is 11.6 Å². The molecule has 0 bridgehead atoms. The number of anilines is 2. The highest BCUT2D eigenvalue weighted by Crippen LogP contribution is 2.56. The van der Waals surface area contributed by atoms with Gasteiger partial charge in [0.15, 0.2) is 17.6 Å². The van der Waals surface area contributed by atoms with Crippen LogP contribution in [-0.4, -0.2) is 67.1 Å². The third kappa shape index (κ3) is 2.49. The number of methoxy groups -OCH3 is 1. The Morgan fingerprint density at radius 1 is 1.33 bits per heavy atom. The van der Waals surface area contributed by atoms with E-state index in [2.05, 4.69) is 0 Å². The molecule has 0 radical (unpaired) electrons. The normalized spacial score (nSPS) is 31.2. The topological polar surface area (TPSA) is 113 Å². The van der Waals surface area contributed by atoms with Crippen molar-refractivity contribution in [2.75, 3.05) is 30.0 Å². The lowest BCUT2D eigenvalue weighted by Crippen LogP contribution is -2.55. The van der Waals surface area contributed by atoms with Crippen molar-refractivity contribution in [3.8, 4) is 5.75 Å². The van der Waals surface area contributed by atoms with Crippen LogP contribution in [0.15, 0.2) is 6.07 Å². The maximum Gasteiger partial charge on any atom is 0.334 e. The van der Waals surface area contributed by atoms with Crippen LogP contribution in [0.2, 0.25) is 0 Å². The molecule has 8 nitrogen and oxygen atoms in total. The molecule has 1 unspecified atom stereocenters. The Hall–Kier alpha value is -2.75. The quantitative estimate of drug-likeness (QED) is 0.545. The van der Waals surface area contributed by atoms with E-state index in [4.69, 9.17) is 10.5 Å². The second-order valence-electron chi connectivity index (χ2n) is 8.65. The number of halogens is 2. The van der Waals surface area contributed by atoms with Gasteiger partial charge in [-0.1, -0.05) is 0 Å². The number of fused-ring (bicyclic) bond motifs is 1. The van der Waals surface area contributed by atoms with Crippen LogP contribution >= 0.6 is 0 Å². The van der Waals surface area contributed by atoms with Crippen molar-refractivity contribution in [1.29, 1.82) is 0 Å². The van der Waals surface area contributed by atoms with Crippen molar-refractivity contribution >= 4 is 28.9 Å². The Bertz CT molecular complexity index is 995. The van der Waals surface area contributed by atoms with Crippen LogP contribution in [0, 0.1) is 11.2 Å². The number of carbonyl (C=O) groups is 3. The highest BCUT2D eigenvalue weighted by Gasteiger charge is 2.57. The number of ether oxygens (including phenoxy) is 1. The average molecular weight is 421 g/mol. The number of carbonyl (C=O) groups excluding carboxylic acids is 2. The summed E-state index contributed by atoms with van der Waals surface area (Å²) in [4.78, 5) is 39.8. The summed E-state index contributed by atoms with van der Waals surface area (Å²) >= 11 is 0. The van der Waals surface area contributed by atoms with Crippen LogP contribution in [0.1, 0.15) is 29.6 Å². The maximum absolute atomic E-state index is 15.2. The number of alkyl halides is 1. The van der Waals surface area contributed by atoms with E-state index in [0.717, 1.165) is 23.8 Å². The van der Waals surface area contributed by atoms with E-state index >= 15 is 4.39 Å². The summed E-state index contributed by atoms with van der Waals surface area (Å²) in [6.45, 7) is 0.876. The molecule has 1 aromatic rings. The van der Waals surface area contributed by atoms with E-state index in [0.29, 0.717) is 13.1 Å². The number of aliphatic carboxylic acids is 1. The molecular formula is C20H21F2N3O5. The molecule has 3 fully saturated rings. The average Bonchev–Trinajstić information content (AvgIpc) is 3.58. The molecule has 0 amide bonds. The van der Waals surface area contributed by atoms with Crippen molar-refractivity contribution in [2.45, 2.75) is 43.6 Å². The van der Waals surface area contributed by atoms with Crippen molar-refractivity contribution in [2.24, 2.45) is 11.1 Å². The predicted molar refractivity (Wildman–Crippen MR) is 101 cm³/mol. The number of benzene rings is 1. The minimum Gasteiger partial charge on any atom is -0.492 e.